The van der Waals surface area contributed by atoms with Crippen LogP contribution >= 0.6 is 0 Å². The van der Waals surface area contributed by atoms with Gasteiger partial charge in [-0.3, -0.25) is 4.79 Å². The fraction of sp³-hybridized carbons (Fsp3) is 0.533. The zero-order valence-corrected chi connectivity index (χ0v) is 13.9. The topological polar surface area (TPSA) is 47.9 Å². The van der Waals surface area contributed by atoms with Crippen molar-refractivity contribution < 1.29 is 40.6 Å². The van der Waals surface area contributed by atoms with Crippen molar-refractivity contribution in [2.75, 3.05) is 24.7 Å². The summed E-state index contributed by atoms with van der Waals surface area (Å²) in [6.45, 7) is 0.793. The highest BCUT2D eigenvalue weighted by Gasteiger charge is 2.42. The van der Waals surface area contributed by atoms with Crippen LogP contribution in [0.25, 0.3) is 0 Å². The largest absolute Gasteiger partial charge is 0.416 e. The molecule has 1 aromatic rings. The molecule has 1 amide bonds. The maximum atomic E-state index is 12.9. The van der Waals surface area contributed by atoms with Crippen LogP contribution in [0, 0.1) is 0 Å². The minimum Gasteiger partial charge on any atom is -0.347 e. The molecule has 26 heavy (non-hydrogen) atoms. The smallest absolute Gasteiger partial charge is 0.347 e. The number of carbonyl (C=O) groups excluding carboxylic acids is 1. The summed E-state index contributed by atoms with van der Waals surface area (Å²) in [7, 11) is -0.880. The average molecular weight is 401 g/mol. The normalized spacial score (nSPS) is 23.1. The second-order valence-corrected chi connectivity index (χ2v) is 7.66. The first-order valence-electron chi connectivity index (χ1n) is 7.50. The number of halogens is 6. The third-order valence-corrected chi connectivity index (χ3v) is 5.84. The van der Waals surface area contributed by atoms with Crippen LogP contribution in [0.3, 0.4) is 0 Å². The van der Waals surface area contributed by atoms with E-state index >= 15 is 0 Å². The molecular formula is C15H13F6NO3S. The molecule has 1 aromatic carbocycles. The lowest BCUT2D eigenvalue weighted by Gasteiger charge is -2.19. The van der Waals surface area contributed by atoms with E-state index in [4.69, 9.17) is 9.47 Å². The number of amides is 1. The third-order valence-electron chi connectivity index (χ3n) is 3.97. The Morgan fingerprint density at radius 3 is 2.04 bits per heavy atom. The molecule has 0 saturated carbocycles. The van der Waals surface area contributed by atoms with Crippen molar-refractivity contribution in [3.8, 4) is 0 Å². The van der Waals surface area contributed by atoms with E-state index in [-0.39, 0.29) is 11.8 Å². The molecule has 1 spiro atoms. The van der Waals surface area contributed by atoms with Crippen LogP contribution in [-0.4, -0.2) is 36.4 Å². The highest BCUT2D eigenvalue weighted by molar-refractivity contribution is 7.87. The average Bonchev–Trinajstić information content (AvgIpc) is 3.15. The van der Waals surface area contributed by atoms with Crippen LogP contribution in [0.5, 0.6) is 0 Å². The summed E-state index contributed by atoms with van der Waals surface area (Å²) in [6, 6.07) is 0.752. The van der Waals surface area contributed by atoms with Gasteiger partial charge < -0.3 is 9.47 Å². The van der Waals surface area contributed by atoms with Crippen LogP contribution in [-0.2, 0) is 32.5 Å². The number of rotatable bonds is 1. The van der Waals surface area contributed by atoms with Crippen LogP contribution in [0.2, 0.25) is 0 Å². The minimum absolute atomic E-state index is 0.0240. The van der Waals surface area contributed by atoms with Gasteiger partial charge in [-0.2, -0.15) is 30.7 Å². The van der Waals surface area contributed by atoms with E-state index in [1.54, 1.807) is 0 Å². The summed E-state index contributed by atoms with van der Waals surface area (Å²) < 4.78 is 91.9. The molecule has 2 heterocycles. The first kappa shape index (κ1) is 19.3. The number of nitrogens with zero attached hydrogens (tertiary/aromatic N) is 1. The van der Waals surface area contributed by atoms with E-state index in [2.05, 4.69) is 4.36 Å². The molecule has 11 heteroatoms. The second kappa shape index (κ2) is 6.61. The van der Waals surface area contributed by atoms with Crippen molar-refractivity contribution in [2.24, 2.45) is 4.36 Å². The molecule has 0 radical (unpaired) electrons. The molecule has 0 aromatic heterocycles. The number of carbonyl (C=O) groups is 1. The predicted octanol–water partition coefficient (Wildman–Crippen LogP) is 3.81. The first-order valence-corrected chi connectivity index (χ1v) is 9.02. The SMILES string of the molecule is O=C(N=[S@]1CCC2(C1)OCCO2)c1cc(C(F)(F)F)cc(C(F)(F)F)c1. The van der Waals surface area contributed by atoms with Crippen molar-refractivity contribution in [1.29, 1.82) is 0 Å². The molecule has 2 aliphatic rings. The monoisotopic (exact) mass is 401 g/mol. The second-order valence-electron chi connectivity index (χ2n) is 5.86. The molecule has 0 unspecified atom stereocenters. The quantitative estimate of drug-likeness (QED) is 0.673. The van der Waals surface area contributed by atoms with E-state index in [9.17, 15) is 31.1 Å². The summed E-state index contributed by atoms with van der Waals surface area (Å²) >= 11 is 0. The van der Waals surface area contributed by atoms with Gasteiger partial charge in [0, 0.05) is 17.7 Å². The summed E-state index contributed by atoms with van der Waals surface area (Å²) in [5.41, 5.74) is -3.83. The Morgan fingerprint density at radius 1 is 1.00 bits per heavy atom. The van der Waals surface area contributed by atoms with Gasteiger partial charge in [0.1, 0.15) is 0 Å². The van der Waals surface area contributed by atoms with Gasteiger partial charge >= 0.3 is 12.4 Å². The highest BCUT2D eigenvalue weighted by atomic mass is 32.2. The molecule has 4 nitrogen and oxygen atoms in total. The Bertz CT molecular complexity index is 720. The highest BCUT2D eigenvalue weighted by Crippen LogP contribution is 2.37. The Kier molecular flexibility index (Phi) is 4.91. The van der Waals surface area contributed by atoms with Gasteiger partial charge in [-0.05, 0) is 18.2 Å². The zero-order valence-electron chi connectivity index (χ0n) is 13.1. The van der Waals surface area contributed by atoms with Gasteiger partial charge in [-0.1, -0.05) is 10.7 Å². The van der Waals surface area contributed by atoms with Crippen LogP contribution in [0.15, 0.2) is 22.6 Å². The van der Waals surface area contributed by atoms with Gasteiger partial charge in [0.2, 0.25) is 0 Å². The summed E-state index contributed by atoms with van der Waals surface area (Å²) in [4.78, 5) is 12.2. The molecule has 0 N–H and O–H groups in total. The lowest BCUT2D eigenvalue weighted by atomic mass is 10.0. The lowest BCUT2D eigenvalue weighted by Crippen LogP contribution is -2.30. The van der Waals surface area contributed by atoms with Crippen molar-refractivity contribution in [3.05, 3.63) is 34.9 Å². The van der Waals surface area contributed by atoms with Crippen molar-refractivity contribution in [3.63, 3.8) is 0 Å². The Hall–Kier alpha value is -1.46. The number of benzene rings is 1. The van der Waals surface area contributed by atoms with Crippen molar-refractivity contribution >= 4 is 16.6 Å². The van der Waals surface area contributed by atoms with E-state index in [0.29, 0.717) is 37.5 Å². The Labute approximate surface area is 146 Å². The minimum atomic E-state index is -5.01. The van der Waals surface area contributed by atoms with Crippen molar-refractivity contribution in [1.82, 2.24) is 0 Å². The summed E-state index contributed by atoms with van der Waals surface area (Å²) in [5.74, 6) is -1.25. The Morgan fingerprint density at radius 2 is 1.54 bits per heavy atom. The van der Waals surface area contributed by atoms with Gasteiger partial charge in [-0.25, -0.2) is 0 Å². The van der Waals surface area contributed by atoms with Crippen LogP contribution in [0.1, 0.15) is 27.9 Å². The van der Waals surface area contributed by atoms with E-state index in [1.807, 2.05) is 0 Å². The molecule has 2 fully saturated rings. The van der Waals surface area contributed by atoms with E-state index < -0.39 is 51.4 Å². The molecule has 1 atom stereocenters. The molecule has 0 bridgehead atoms. The molecule has 0 aliphatic carbocycles. The molecule has 3 rings (SSSR count). The molecular weight excluding hydrogens is 388 g/mol. The van der Waals surface area contributed by atoms with Gasteiger partial charge in [-0.15, -0.1) is 0 Å². The lowest BCUT2D eigenvalue weighted by molar-refractivity contribution is -0.143. The van der Waals surface area contributed by atoms with Crippen LogP contribution in [0.4, 0.5) is 26.3 Å². The first-order chi connectivity index (χ1) is 12.0. The number of ether oxygens (including phenoxy) is 2. The molecule has 2 saturated heterocycles. The number of hydrogen-bond donors (Lipinski definition) is 0. The zero-order chi connectivity index (χ0) is 19.2. The maximum absolute atomic E-state index is 12.9. The molecule has 144 valence electrons. The van der Waals surface area contributed by atoms with Gasteiger partial charge in [0.25, 0.3) is 5.91 Å². The third kappa shape index (κ3) is 4.09. The molecule has 2 aliphatic heterocycles. The fourth-order valence-corrected chi connectivity index (χ4v) is 4.73. The summed E-state index contributed by atoms with van der Waals surface area (Å²) in [6.07, 6.45) is -9.55. The Balaban J connectivity index is 1.90. The van der Waals surface area contributed by atoms with Crippen molar-refractivity contribution in [2.45, 2.75) is 24.6 Å². The van der Waals surface area contributed by atoms with E-state index in [0.717, 1.165) is 0 Å². The number of hydrogen-bond acceptors (Lipinski definition) is 3. The van der Waals surface area contributed by atoms with Gasteiger partial charge in [0.05, 0.1) is 30.1 Å². The predicted molar refractivity (Wildman–Crippen MR) is 79.6 cm³/mol. The van der Waals surface area contributed by atoms with Crippen LogP contribution < -0.4 is 0 Å². The number of alkyl halides is 6. The maximum Gasteiger partial charge on any atom is 0.416 e. The fourth-order valence-electron chi connectivity index (χ4n) is 2.72. The summed E-state index contributed by atoms with van der Waals surface area (Å²) in [5, 5.41) is 0. The van der Waals surface area contributed by atoms with E-state index in [1.165, 1.54) is 0 Å². The standard InChI is InChI=1S/C15H13F6NO3S/c16-14(17,18)10-5-9(6-11(7-10)15(19,20)21)12(23)22-26-4-1-13(8-26)24-2-3-25-13/h5-7H,1-4,8H2/t26-/m0/s1. The van der Waals surface area contributed by atoms with Gasteiger partial charge in [0.15, 0.2) is 5.79 Å².